The molecule has 0 radical (unpaired) electrons. The van der Waals surface area contributed by atoms with E-state index in [0.29, 0.717) is 26.3 Å². The molecule has 2 aliphatic heterocycles. The van der Waals surface area contributed by atoms with E-state index in [1.807, 2.05) is 0 Å². The summed E-state index contributed by atoms with van der Waals surface area (Å²) >= 11 is 0. The van der Waals surface area contributed by atoms with Crippen molar-refractivity contribution in [3.63, 3.8) is 0 Å². The second-order valence-electron chi connectivity index (χ2n) is 8.24. The van der Waals surface area contributed by atoms with Crippen LogP contribution < -0.4 is 16.0 Å². The summed E-state index contributed by atoms with van der Waals surface area (Å²) in [6, 6.07) is 10.0. The minimum absolute atomic E-state index is 0.00506. The third-order valence-electron chi connectivity index (χ3n) is 5.94. The minimum Gasteiger partial charge on any atom is -0.384 e. The summed E-state index contributed by atoms with van der Waals surface area (Å²) in [7, 11) is 0. The fraction of sp³-hybridized carbons (Fsp3) is 0.333. The van der Waals surface area contributed by atoms with Crippen LogP contribution in [0.1, 0.15) is 15.9 Å². The lowest BCUT2D eigenvalue weighted by molar-refractivity contribution is -0.150. The summed E-state index contributed by atoms with van der Waals surface area (Å²) < 4.78 is 25.2. The molecule has 0 aromatic heterocycles. The van der Waals surface area contributed by atoms with Crippen molar-refractivity contribution in [2.24, 2.45) is 5.73 Å². The Labute approximate surface area is 206 Å². The van der Waals surface area contributed by atoms with Crippen LogP contribution in [-0.4, -0.2) is 85.2 Å². The van der Waals surface area contributed by atoms with Crippen LogP contribution in [0.2, 0.25) is 0 Å². The van der Waals surface area contributed by atoms with Crippen molar-refractivity contribution in [1.29, 1.82) is 5.41 Å². The molecule has 0 aliphatic carbocycles. The lowest BCUT2D eigenvalue weighted by Gasteiger charge is -2.34. The number of halogens is 1. The van der Waals surface area contributed by atoms with Crippen molar-refractivity contribution in [3.8, 4) is 0 Å². The molecule has 3 amide bonds. The van der Waals surface area contributed by atoms with Crippen molar-refractivity contribution >= 4 is 34.9 Å². The van der Waals surface area contributed by atoms with Crippen LogP contribution in [0, 0.1) is 11.2 Å². The summed E-state index contributed by atoms with van der Waals surface area (Å²) in [5.74, 6) is -3.17. The standard InChI is InChI=1S/C24H26FN5O6/c25-17-6-5-14(13-16(17)23(33)29-7-10-35-11-8-29)30-9-12-36-20(24(30)34)19(31)22(32)28-18-4-2-1-3-15(18)21(26)27/h1-6,13,19-20,31H,7-12H2,(H3,26,27)(H,28,32)/t19-,20?/m1/s1. The molecule has 0 spiro atoms. The van der Waals surface area contributed by atoms with E-state index in [4.69, 9.17) is 20.6 Å². The molecule has 0 bridgehead atoms. The Morgan fingerprint density at radius 1 is 1.11 bits per heavy atom. The monoisotopic (exact) mass is 499 g/mol. The second-order valence-corrected chi connectivity index (χ2v) is 8.24. The first kappa shape index (κ1) is 25.2. The van der Waals surface area contributed by atoms with Crippen molar-refractivity contribution in [3.05, 3.63) is 59.4 Å². The van der Waals surface area contributed by atoms with Crippen molar-refractivity contribution in [1.82, 2.24) is 4.90 Å². The summed E-state index contributed by atoms with van der Waals surface area (Å²) in [6.45, 7) is 1.44. The van der Waals surface area contributed by atoms with Crippen LogP contribution in [0.3, 0.4) is 0 Å². The number of anilines is 2. The van der Waals surface area contributed by atoms with Gasteiger partial charge < -0.3 is 35.4 Å². The zero-order valence-corrected chi connectivity index (χ0v) is 19.3. The quantitative estimate of drug-likeness (QED) is 0.329. The Balaban J connectivity index is 1.51. The number of carbonyl (C=O) groups excluding carboxylic acids is 3. The largest absolute Gasteiger partial charge is 0.384 e. The van der Waals surface area contributed by atoms with E-state index >= 15 is 0 Å². The molecule has 12 heteroatoms. The summed E-state index contributed by atoms with van der Waals surface area (Å²) in [4.78, 5) is 41.4. The highest BCUT2D eigenvalue weighted by Crippen LogP contribution is 2.25. The number of hydrogen-bond donors (Lipinski definition) is 4. The van der Waals surface area contributed by atoms with Crippen LogP contribution in [0.25, 0.3) is 0 Å². The number of morpholine rings is 2. The molecule has 190 valence electrons. The zero-order chi connectivity index (χ0) is 25.8. The molecular weight excluding hydrogens is 473 g/mol. The Hall–Kier alpha value is -3.87. The Morgan fingerprint density at radius 2 is 1.83 bits per heavy atom. The van der Waals surface area contributed by atoms with E-state index in [9.17, 15) is 23.9 Å². The molecule has 2 saturated heterocycles. The number of hydrogen-bond acceptors (Lipinski definition) is 7. The van der Waals surface area contributed by atoms with Gasteiger partial charge in [0, 0.05) is 30.9 Å². The van der Waals surface area contributed by atoms with E-state index in [2.05, 4.69) is 5.32 Å². The summed E-state index contributed by atoms with van der Waals surface area (Å²) in [6.07, 6.45) is -3.41. The van der Waals surface area contributed by atoms with E-state index in [0.717, 1.165) is 6.07 Å². The SMILES string of the molecule is N=C(N)c1ccccc1NC(=O)[C@H](O)C1OCCN(c2ccc(F)c(C(=O)N3CCOCC3)c2)C1=O. The van der Waals surface area contributed by atoms with Gasteiger partial charge in [-0.2, -0.15) is 0 Å². The van der Waals surface area contributed by atoms with Crippen LogP contribution in [0.15, 0.2) is 42.5 Å². The number of amidine groups is 1. The molecule has 0 saturated carbocycles. The number of rotatable bonds is 6. The van der Waals surface area contributed by atoms with E-state index in [-0.39, 0.29) is 41.5 Å². The molecule has 1 unspecified atom stereocenters. The summed E-state index contributed by atoms with van der Waals surface area (Å²) in [5.41, 5.74) is 6.02. The highest BCUT2D eigenvalue weighted by molar-refractivity contribution is 6.07. The molecule has 36 heavy (non-hydrogen) atoms. The van der Waals surface area contributed by atoms with E-state index in [1.54, 1.807) is 12.1 Å². The van der Waals surface area contributed by atoms with Gasteiger partial charge in [-0.05, 0) is 30.3 Å². The molecule has 4 rings (SSSR count). The summed E-state index contributed by atoms with van der Waals surface area (Å²) in [5, 5.41) is 20.7. The number of ether oxygens (including phenoxy) is 2. The van der Waals surface area contributed by atoms with Gasteiger partial charge in [0.15, 0.2) is 12.2 Å². The molecule has 5 N–H and O–H groups in total. The highest BCUT2D eigenvalue weighted by Gasteiger charge is 2.40. The molecule has 2 heterocycles. The molecule has 2 atom stereocenters. The number of carbonyl (C=O) groups is 3. The highest BCUT2D eigenvalue weighted by atomic mass is 19.1. The molecular formula is C24H26FN5O6. The van der Waals surface area contributed by atoms with Gasteiger partial charge in [-0.3, -0.25) is 19.8 Å². The Morgan fingerprint density at radius 3 is 2.56 bits per heavy atom. The van der Waals surface area contributed by atoms with Gasteiger partial charge in [-0.1, -0.05) is 12.1 Å². The van der Waals surface area contributed by atoms with Gasteiger partial charge in [0.1, 0.15) is 11.7 Å². The average molecular weight is 499 g/mol. The first-order valence-corrected chi connectivity index (χ1v) is 11.3. The van der Waals surface area contributed by atoms with Crippen molar-refractivity contribution in [2.45, 2.75) is 12.2 Å². The van der Waals surface area contributed by atoms with Gasteiger partial charge in [-0.15, -0.1) is 0 Å². The minimum atomic E-state index is -1.88. The van der Waals surface area contributed by atoms with Gasteiger partial charge in [0.25, 0.3) is 17.7 Å². The number of amides is 3. The topological polar surface area (TPSA) is 158 Å². The third-order valence-corrected chi connectivity index (χ3v) is 5.94. The molecule has 2 aliphatic rings. The maximum atomic E-state index is 14.5. The number of nitrogens with two attached hydrogens (primary N) is 1. The van der Waals surface area contributed by atoms with Gasteiger partial charge in [0.2, 0.25) is 0 Å². The van der Waals surface area contributed by atoms with Gasteiger partial charge in [0.05, 0.1) is 31.1 Å². The molecule has 2 fully saturated rings. The predicted molar refractivity (Wildman–Crippen MR) is 127 cm³/mol. The normalized spacial score (nSPS) is 19.1. The number of nitrogens with zero attached hydrogens (tertiary/aromatic N) is 2. The van der Waals surface area contributed by atoms with Gasteiger partial charge in [-0.25, -0.2) is 4.39 Å². The fourth-order valence-electron chi connectivity index (χ4n) is 4.04. The maximum absolute atomic E-state index is 14.5. The second kappa shape index (κ2) is 10.8. The van der Waals surface area contributed by atoms with Crippen LogP contribution in [0.5, 0.6) is 0 Å². The van der Waals surface area contributed by atoms with E-state index in [1.165, 1.54) is 34.1 Å². The number of para-hydroxylation sites is 1. The lowest BCUT2D eigenvalue weighted by atomic mass is 10.1. The van der Waals surface area contributed by atoms with Crippen LogP contribution >= 0.6 is 0 Å². The van der Waals surface area contributed by atoms with Crippen molar-refractivity contribution in [2.75, 3.05) is 49.7 Å². The third kappa shape index (κ3) is 5.20. The van der Waals surface area contributed by atoms with Crippen LogP contribution in [0.4, 0.5) is 15.8 Å². The maximum Gasteiger partial charge on any atom is 0.259 e. The number of nitrogens with one attached hydrogen (secondary N) is 2. The van der Waals surface area contributed by atoms with Gasteiger partial charge >= 0.3 is 0 Å². The molecule has 2 aromatic carbocycles. The number of benzene rings is 2. The van der Waals surface area contributed by atoms with E-state index < -0.39 is 35.7 Å². The Kier molecular flexibility index (Phi) is 7.58. The number of aliphatic hydroxyl groups excluding tert-OH is 1. The molecule has 2 aromatic rings. The Bertz CT molecular complexity index is 1190. The number of nitrogen functional groups attached to an aromatic ring is 1. The fourth-order valence-corrected chi connectivity index (χ4v) is 4.04. The zero-order valence-electron chi connectivity index (χ0n) is 19.3. The molecule has 11 nitrogen and oxygen atoms in total. The smallest absolute Gasteiger partial charge is 0.259 e. The number of aliphatic hydroxyl groups is 1. The lowest BCUT2D eigenvalue weighted by Crippen LogP contribution is -2.55. The first-order valence-electron chi connectivity index (χ1n) is 11.3. The predicted octanol–water partition coefficient (Wildman–Crippen LogP) is 0.314. The van der Waals surface area contributed by atoms with Crippen molar-refractivity contribution < 1.29 is 33.4 Å². The van der Waals surface area contributed by atoms with Crippen LogP contribution in [-0.2, 0) is 19.1 Å². The average Bonchev–Trinajstić information content (AvgIpc) is 2.89. The first-order chi connectivity index (χ1) is 17.3.